The van der Waals surface area contributed by atoms with Crippen LogP contribution in [0.25, 0.3) is 5.52 Å². The lowest BCUT2D eigenvalue weighted by Gasteiger charge is -2.49. The Hall–Kier alpha value is -1.92. The number of pyridine rings is 1. The maximum Gasteiger partial charge on any atom is 0.418 e. The summed E-state index contributed by atoms with van der Waals surface area (Å²) >= 11 is 0. The molecule has 2 aliphatic carbocycles. The zero-order valence-electron chi connectivity index (χ0n) is 21.3. The van der Waals surface area contributed by atoms with Crippen molar-refractivity contribution in [1.29, 1.82) is 0 Å². The molecule has 5 unspecified atom stereocenters. The summed E-state index contributed by atoms with van der Waals surface area (Å²) in [5.74, 6) is 1.80. The number of hydrogen-bond donors (Lipinski definition) is 4. The van der Waals surface area contributed by atoms with Crippen molar-refractivity contribution in [2.24, 2.45) is 23.7 Å². The Labute approximate surface area is 214 Å². The number of rotatable bonds is 5. The zero-order valence-corrected chi connectivity index (χ0v) is 21.3. The molecule has 8 nitrogen and oxygen atoms in total. The van der Waals surface area contributed by atoms with E-state index in [4.69, 9.17) is 0 Å². The van der Waals surface area contributed by atoms with Gasteiger partial charge in [-0.2, -0.15) is 13.2 Å². The first-order chi connectivity index (χ1) is 17.8. The summed E-state index contributed by atoms with van der Waals surface area (Å²) in [5, 5.41) is 7.00. The van der Waals surface area contributed by atoms with Gasteiger partial charge in [0, 0.05) is 31.1 Å². The van der Waals surface area contributed by atoms with Crippen molar-refractivity contribution in [3.05, 3.63) is 40.6 Å². The van der Waals surface area contributed by atoms with Gasteiger partial charge < -0.3 is 10.6 Å². The van der Waals surface area contributed by atoms with Crippen LogP contribution in [0.15, 0.2) is 29.3 Å². The van der Waals surface area contributed by atoms with Crippen molar-refractivity contribution in [1.82, 2.24) is 35.4 Å². The number of alkyl halides is 3. The lowest BCUT2D eigenvalue weighted by atomic mass is 9.62. The molecule has 4 N–H and O–H groups in total. The first kappa shape index (κ1) is 25.4. The molecule has 0 aromatic carbocycles. The molecule has 204 valence electrons. The van der Waals surface area contributed by atoms with Crippen LogP contribution in [0.2, 0.25) is 0 Å². The molecule has 11 heteroatoms. The van der Waals surface area contributed by atoms with Gasteiger partial charge in [-0.3, -0.25) is 13.9 Å². The Balaban J connectivity index is 1.38. The Morgan fingerprint density at radius 2 is 1.95 bits per heavy atom. The van der Waals surface area contributed by atoms with Crippen molar-refractivity contribution in [2.45, 2.75) is 69.4 Å². The fraction of sp³-hybridized carbons (Fsp3) is 0.731. The second kappa shape index (κ2) is 10.00. The zero-order chi connectivity index (χ0) is 25.7. The standard InChI is InChI=1S/C26H38F3N7O/c1-34-15-32-33-24(34)23(16-4-2-5-16)18-10-17(21-7-8-30-14-31-21)11-19(12-18)36-13-22-20(26(27,28)29)6-3-9-35(22)25(36)37/h3,6,9,13,16-19,21,23-24,30-33H,2,4-5,7-8,10-12,14-15H2,1H3/t17?,18?,19?,21?,23-,24?/m0/s1. The van der Waals surface area contributed by atoms with Crippen LogP contribution in [0.4, 0.5) is 13.2 Å². The first-order valence-electron chi connectivity index (χ1n) is 13.7. The van der Waals surface area contributed by atoms with Crippen LogP contribution in [-0.4, -0.2) is 53.0 Å². The van der Waals surface area contributed by atoms with Gasteiger partial charge in [-0.15, -0.1) is 0 Å². The van der Waals surface area contributed by atoms with Gasteiger partial charge in [0.2, 0.25) is 0 Å². The fourth-order valence-electron chi connectivity index (χ4n) is 7.53. The molecule has 2 aliphatic heterocycles. The number of hydrazine groups is 1. The van der Waals surface area contributed by atoms with Crippen molar-refractivity contribution < 1.29 is 13.2 Å². The molecule has 0 spiro atoms. The summed E-state index contributed by atoms with van der Waals surface area (Å²) < 4.78 is 44.1. The maximum absolute atomic E-state index is 13.8. The lowest BCUT2D eigenvalue weighted by Crippen LogP contribution is -2.53. The third-order valence-corrected chi connectivity index (χ3v) is 9.52. The smallest absolute Gasteiger partial charge is 0.304 e. The molecule has 0 radical (unpaired) electrons. The molecular formula is C26H38F3N7O. The third-order valence-electron chi connectivity index (χ3n) is 9.52. The predicted octanol–water partition coefficient (Wildman–Crippen LogP) is 2.73. The first-order valence-corrected chi connectivity index (χ1v) is 13.7. The Bertz CT molecular complexity index is 1150. The monoisotopic (exact) mass is 521 g/mol. The topological polar surface area (TPSA) is 77.8 Å². The highest BCUT2D eigenvalue weighted by molar-refractivity contribution is 5.55. The SMILES string of the molecule is CN1CNNC1[C@@H](C1CCC1)C1CC(C2CCNCN2)CC(n2cc3c(C(F)(F)F)cccn3c2=O)C1. The highest BCUT2D eigenvalue weighted by Gasteiger charge is 2.46. The molecule has 6 atom stereocenters. The minimum atomic E-state index is -4.51. The molecule has 4 fully saturated rings. The highest BCUT2D eigenvalue weighted by atomic mass is 19.4. The average Bonchev–Trinajstić information content (AvgIpc) is 3.43. The number of halogens is 3. The minimum Gasteiger partial charge on any atom is -0.304 e. The van der Waals surface area contributed by atoms with Crippen LogP contribution < -0.4 is 27.2 Å². The Kier molecular flexibility index (Phi) is 6.85. The molecule has 37 heavy (non-hydrogen) atoms. The summed E-state index contributed by atoms with van der Waals surface area (Å²) in [4.78, 5) is 15.8. The normalized spacial score (nSPS) is 33.0. The van der Waals surface area contributed by atoms with Gasteiger partial charge in [0.05, 0.1) is 23.9 Å². The van der Waals surface area contributed by atoms with E-state index in [1.807, 2.05) is 0 Å². The maximum atomic E-state index is 13.8. The molecule has 2 saturated carbocycles. The summed E-state index contributed by atoms with van der Waals surface area (Å²) in [6.45, 7) is 2.51. The van der Waals surface area contributed by atoms with E-state index in [9.17, 15) is 18.0 Å². The Morgan fingerprint density at radius 3 is 2.59 bits per heavy atom. The molecule has 0 amide bonds. The molecule has 6 rings (SSSR count). The van der Waals surface area contributed by atoms with Crippen LogP contribution >= 0.6 is 0 Å². The average molecular weight is 522 g/mol. The van der Waals surface area contributed by atoms with E-state index in [-0.39, 0.29) is 23.4 Å². The minimum absolute atomic E-state index is 0.0596. The highest BCUT2D eigenvalue weighted by Crippen LogP contribution is 2.49. The third kappa shape index (κ3) is 4.73. The van der Waals surface area contributed by atoms with E-state index < -0.39 is 11.7 Å². The van der Waals surface area contributed by atoms with Crippen LogP contribution in [0.5, 0.6) is 0 Å². The number of nitrogens with one attached hydrogen (secondary N) is 4. The molecule has 4 heterocycles. The van der Waals surface area contributed by atoms with E-state index in [0.717, 1.165) is 51.6 Å². The summed E-state index contributed by atoms with van der Waals surface area (Å²) in [6.07, 6.45) is 6.04. The van der Waals surface area contributed by atoms with Gasteiger partial charge in [-0.25, -0.2) is 15.6 Å². The van der Waals surface area contributed by atoms with Crippen molar-refractivity contribution in [3.63, 3.8) is 0 Å². The fourth-order valence-corrected chi connectivity index (χ4v) is 7.53. The van der Waals surface area contributed by atoms with Crippen LogP contribution in [-0.2, 0) is 6.18 Å². The van der Waals surface area contributed by atoms with E-state index in [2.05, 4.69) is 33.4 Å². The molecule has 0 bridgehead atoms. The number of nitrogens with zero attached hydrogens (tertiary/aromatic N) is 3. The Morgan fingerprint density at radius 1 is 1.11 bits per heavy atom. The van der Waals surface area contributed by atoms with Crippen molar-refractivity contribution >= 4 is 5.52 Å². The molecule has 4 aliphatic rings. The van der Waals surface area contributed by atoms with Gasteiger partial charge in [0.15, 0.2) is 0 Å². The van der Waals surface area contributed by atoms with Gasteiger partial charge in [0.1, 0.15) is 0 Å². The number of aromatic nitrogens is 2. The number of hydrogen-bond acceptors (Lipinski definition) is 6. The van der Waals surface area contributed by atoms with Gasteiger partial charge in [0.25, 0.3) is 0 Å². The lowest BCUT2D eigenvalue weighted by molar-refractivity contribution is -0.136. The van der Waals surface area contributed by atoms with Crippen molar-refractivity contribution in [3.8, 4) is 0 Å². The molecule has 2 saturated heterocycles. The summed E-state index contributed by atoms with van der Waals surface area (Å²) in [5.41, 5.74) is 5.62. The molecule has 2 aromatic heterocycles. The quantitative estimate of drug-likeness (QED) is 0.485. The second-order valence-corrected chi connectivity index (χ2v) is 11.6. The van der Waals surface area contributed by atoms with E-state index in [1.54, 1.807) is 4.57 Å². The number of fused-ring (bicyclic) bond motifs is 1. The second-order valence-electron chi connectivity index (χ2n) is 11.6. The van der Waals surface area contributed by atoms with Crippen LogP contribution in [0, 0.1) is 23.7 Å². The molecule has 2 aromatic rings. The van der Waals surface area contributed by atoms with E-state index in [0.29, 0.717) is 29.7 Å². The summed E-state index contributed by atoms with van der Waals surface area (Å²) in [7, 11) is 2.14. The largest absolute Gasteiger partial charge is 0.418 e. The van der Waals surface area contributed by atoms with Crippen molar-refractivity contribution in [2.75, 3.05) is 26.9 Å². The van der Waals surface area contributed by atoms with Gasteiger partial charge >= 0.3 is 11.9 Å². The summed E-state index contributed by atoms with van der Waals surface area (Å²) in [6, 6.07) is 2.59. The van der Waals surface area contributed by atoms with Gasteiger partial charge in [-0.05, 0) is 75.1 Å². The van der Waals surface area contributed by atoms with Crippen LogP contribution in [0.1, 0.15) is 56.6 Å². The molecular weight excluding hydrogens is 483 g/mol. The predicted molar refractivity (Wildman–Crippen MR) is 134 cm³/mol. The van der Waals surface area contributed by atoms with E-state index in [1.165, 1.54) is 42.1 Å². The van der Waals surface area contributed by atoms with E-state index >= 15 is 0 Å². The van der Waals surface area contributed by atoms with Crippen LogP contribution in [0.3, 0.4) is 0 Å². The number of imidazole rings is 1. The van der Waals surface area contributed by atoms with Gasteiger partial charge in [-0.1, -0.05) is 19.3 Å².